The number of hydrogen-bond donors (Lipinski definition) is 0. The quantitative estimate of drug-likeness (QED) is 0.126. The summed E-state index contributed by atoms with van der Waals surface area (Å²) in [6, 6.07) is 165. The van der Waals surface area contributed by atoms with Gasteiger partial charge in [-0.3, -0.25) is 0 Å². The van der Waals surface area contributed by atoms with Gasteiger partial charge in [0.25, 0.3) is 0 Å². The molecular formula is C134H96. The van der Waals surface area contributed by atoms with E-state index >= 15 is 0 Å². The van der Waals surface area contributed by atoms with Crippen LogP contribution in [-0.2, 0) is 21.7 Å². The zero-order chi connectivity index (χ0) is 89.8. The molecule has 0 heteroatoms. The van der Waals surface area contributed by atoms with E-state index in [9.17, 15) is 0 Å². The molecule has 0 atom stereocenters. The van der Waals surface area contributed by atoms with Crippen molar-refractivity contribution in [2.75, 3.05) is 0 Å². The molecule has 0 aromatic heterocycles. The van der Waals surface area contributed by atoms with Crippen LogP contribution in [0.3, 0.4) is 0 Å². The molecule has 0 radical (unpaired) electrons. The van der Waals surface area contributed by atoms with Crippen LogP contribution in [0.4, 0.5) is 0 Å². The van der Waals surface area contributed by atoms with Crippen LogP contribution in [0, 0.1) is 0 Å². The molecule has 0 bridgehead atoms. The minimum Gasteiger partial charge on any atom is -0.0622 e. The van der Waals surface area contributed by atoms with Crippen LogP contribution in [0.1, 0.15) is 99.9 Å². The van der Waals surface area contributed by atoms with E-state index in [2.05, 4.69) is 492 Å². The molecule has 0 heterocycles. The SMILES string of the molecule is CC1(C)c2ccccc2-c2ccc(-c3ccc4c(-c5c6ccccc6c(-c6ccccc6)c6ccccc56)c5ccccc5c(-c5ccc6c(c5)C(C)(C)c5ccccc5-6)c4c3)cc21.CC1(C)c2ccccc2-c2ccc(-c3ccc4c(-c5ccc(-c6c7ccccc7c(-c7ccccc7)c7ccccc67)cc5)c5ccccc5c(-c5ccc6c(c5)C(C)(C)c5ccccc5-6)c4c3)cc21. The molecule has 0 fully saturated rings. The van der Waals surface area contributed by atoms with Gasteiger partial charge in [-0.1, -0.05) is 456 Å². The van der Waals surface area contributed by atoms with Gasteiger partial charge in [0.05, 0.1) is 0 Å². The zero-order valence-electron chi connectivity index (χ0n) is 76.6. The Balaban J connectivity index is 0.000000140. The van der Waals surface area contributed by atoms with Crippen molar-refractivity contribution >= 4 is 86.2 Å². The van der Waals surface area contributed by atoms with Crippen LogP contribution in [-0.4, -0.2) is 0 Å². The summed E-state index contributed by atoms with van der Waals surface area (Å²) < 4.78 is 0. The van der Waals surface area contributed by atoms with Gasteiger partial charge in [-0.25, -0.2) is 0 Å². The van der Waals surface area contributed by atoms with Crippen molar-refractivity contribution in [2.45, 2.75) is 77.0 Å². The van der Waals surface area contributed by atoms with Gasteiger partial charge in [-0.2, -0.15) is 0 Å². The molecule has 23 aromatic carbocycles. The minimum atomic E-state index is -0.119. The number of fused-ring (bicyclic) bond motifs is 20. The molecule has 0 N–H and O–H groups in total. The highest BCUT2D eigenvalue weighted by Crippen LogP contribution is 2.59. The molecule has 4 aliphatic carbocycles. The summed E-state index contributed by atoms with van der Waals surface area (Å²) in [4.78, 5) is 0. The lowest BCUT2D eigenvalue weighted by molar-refractivity contribution is 0.660. The molecule has 0 amide bonds. The van der Waals surface area contributed by atoms with Gasteiger partial charge in [0, 0.05) is 21.7 Å². The van der Waals surface area contributed by atoms with Crippen molar-refractivity contribution in [1.82, 2.24) is 0 Å². The normalized spacial score (nSPS) is 14.1. The molecule has 4 aliphatic rings. The first kappa shape index (κ1) is 79.1. The summed E-state index contributed by atoms with van der Waals surface area (Å²) in [6.07, 6.45) is 0. The minimum absolute atomic E-state index is 0.0865. The Kier molecular flexibility index (Phi) is 17.6. The Labute approximate surface area is 783 Å². The highest BCUT2D eigenvalue weighted by atomic mass is 14.4. The van der Waals surface area contributed by atoms with E-state index < -0.39 is 0 Å². The Morgan fingerprint density at radius 2 is 0.269 bits per heavy atom. The average molecular weight is 1710 g/mol. The fourth-order valence-corrected chi connectivity index (χ4v) is 24.9. The topological polar surface area (TPSA) is 0 Å². The lowest BCUT2D eigenvalue weighted by atomic mass is 9.79. The molecule has 0 aliphatic heterocycles. The highest BCUT2D eigenvalue weighted by Gasteiger charge is 2.41. The second-order valence-electron chi connectivity index (χ2n) is 39.8. The standard InChI is InChI=1S/C70H50.C64H46/c1-69(2)61-28-16-14-20-49(61)51-37-34-47(41-63(51)69)46-35-39-59-60(40-46)68(48-36-38-52-50-21-15-17-29-62(50)70(3,4)64(52)42-48)58-27-13-12-26-57(58)67(59)45-32-30-44(31-33-45)66-55-24-10-8-22-53(55)65(43-18-6-5-7-19-43)54-23-9-11-25-56(54)66;1-63(2)55-28-16-14-20-43(55)45-33-30-41(37-57(45)63)40-31-35-53-54(36-40)60(42-32-34-46-44-21-15-17-29-56(44)64(3,4)58(46)38-42)49-24-10-13-27-52(49)62(53)61-50-25-11-8-22-47(50)59(39-18-6-5-7-19-39)48-23-9-12-26-51(48)61/h5-42H,1-4H3;5-38H,1-4H3. The highest BCUT2D eigenvalue weighted by molar-refractivity contribution is 6.31. The summed E-state index contributed by atoms with van der Waals surface area (Å²) in [5.41, 5.74) is 44.1. The maximum Gasteiger partial charge on any atom is 0.0159 e. The van der Waals surface area contributed by atoms with Crippen LogP contribution in [0.2, 0.25) is 0 Å². The zero-order valence-corrected chi connectivity index (χ0v) is 76.6. The number of hydrogen-bond acceptors (Lipinski definition) is 0. The van der Waals surface area contributed by atoms with E-state index in [4.69, 9.17) is 0 Å². The lowest BCUT2D eigenvalue weighted by Crippen LogP contribution is -2.15. The lowest BCUT2D eigenvalue weighted by Gasteiger charge is -2.24. The van der Waals surface area contributed by atoms with Crippen LogP contribution in [0.5, 0.6) is 0 Å². The summed E-state index contributed by atoms with van der Waals surface area (Å²) in [6.45, 7) is 19.1. The summed E-state index contributed by atoms with van der Waals surface area (Å²) in [5.74, 6) is 0. The number of benzene rings is 23. The fourth-order valence-electron chi connectivity index (χ4n) is 24.9. The van der Waals surface area contributed by atoms with E-state index in [1.165, 1.54) is 275 Å². The summed E-state index contributed by atoms with van der Waals surface area (Å²) >= 11 is 0. The van der Waals surface area contributed by atoms with Gasteiger partial charge in [0.2, 0.25) is 0 Å². The van der Waals surface area contributed by atoms with E-state index in [1.54, 1.807) is 0 Å². The Hall–Kier alpha value is -15.9. The Bertz CT molecular complexity index is 8840. The van der Waals surface area contributed by atoms with Crippen LogP contribution in [0.15, 0.2) is 437 Å². The molecule has 0 nitrogen and oxygen atoms in total. The summed E-state index contributed by atoms with van der Waals surface area (Å²) in [7, 11) is 0. The third-order valence-corrected chi connectivity index (χ3v) is 31.3. The van der Waals surface area contributed by atoms with Gasteiger partial charge in [0.15, 0.2) is 0 Å². The first-order valence-corrected chi connectivity index (χ1v) is 47.6. The Morgan fingerprint density at radius 1 is 0.104 bits per heavy atom. The van der Waals surface area contributed by atoms with Crippen LogP contribution >= 0.6 is 0 Å². The third-order valence-electron chi connectivity index (χ3n) is 31.3. The molecule has 632 valence electrons. The molecule has 0 unspecified atom stereocenters. The van der Waals surface area contributed by atoms with Gasteiger partial charge < -0.3 is 0 Å². The predicted octanol–water partition coefficient (Wildman–Crippen LogP) is 36.8. The van der Waals surface area contributed by atoms with Crippen molar-refractivity contribution in [2.24, 2.45) is 0 Å². The molecule has 23 aromatic rings. The van der Waals surface area contributed by atoms with E-state index in [-0.39, 0.29) is 21.7 Å². The largest absolute Gasteiger partial charge is 0.0622 e. The van der Waals surface area contributed by atoms with E-state index in [0.717, 1.165) is 0 Å². The van der Waals surface area contributed by atoms with Crippen molar-refractivity contribution in [1.29, 1.82) is 0 Å². The Morgan fingerprint density at radius 3 is 0.537 bits per heavy atom. The van der Waals surface area contributed by atoms with Gasteiger partial charge in [0.1, 0.15) is 0 Å². The molecular weight excluding hydrogens is 1610 g/mol. The first-order chi connectivity index (χ1) is 65.5. The first-order valence-electron chi connectivity index (χ1n) is 47.6. The van der Waals surface area contributed by atoms with Crippen LogP contribution < -0.4 is 0 Å². The van der Waals surface area contributed by atoms with Gasteiger partial charge in [-0.15, -0.1) is 0 Å². The maximum atomic E-state index is 2.51. The fraction of sp³-hybridized carbons (Fsp3) is 0.0896. The second-order valence-corrected chi connectivity index (χ2v) is 39.8. The monoisotopic (exact) mass is 1700 g/mol. The van der Waals surface area contributed by atoms with Crippen molar-refractivity contribution < 1.29 is 0 Å². The van der Waals surface area contributed by atoms with Gasteiger partial charge in [-0.05, 0) is 312 Å². The van der Waals surface area contributed by atoms with E-state index in [0.29, 0.717) is 0 Å². The van der Waals surface area contributed by atoms with Crippen molar-refractivity contribution in [3.8, 4) is 145 Å². The second kappa shape index (κ2) is 29.8. The summed E-state index contributed by atoms with van der Waals surface area (Å²) in [5, 5.41) is 20.2. The molecule has 0 spiro atoms. The van der Waals surface area contributed by atoms with Crippen molar-refractivity contribution in [3.63, 3.8) is 0 Å². The van der Waals surface area contributed by atoms with E-state index in [1.807, 2.05) is 0 Å². The molecule has 134 heavy (non-hydrogen) atoms. The molecule has 27 rings (SSSR count). The third kappa shape index (κ3) is 11.7. The predicted molar refractivity (Wildman–Crippen MR) is 572 cm³/mol. The molecule has 0 saturated heterocycles. The smallest absolute Gasteiger partial charge is 0.0159 e. The van der Waals surface area contributed by atoms with Gasteiger partial charge >= 0.3 is 0 Å². The number of rotatable bonds is 9. The molecule has 0 saturated carbocycles. The average Bonchev–Trinajstić information content (AvgIpc) is 1.13. The maximum absolute atomic E-state index is 2.51. The van der Waals surface area contributed by atoms with Crippen LogP contribution in [0.25, 0.3) is 231 Å². The van der Waals surface area contributed by atoms with Crippen molar-refractivity contribution in [3.05, 3.63) is 481 Å².